The van der Waals surface area contributed by atoms with Crippen molar-refractivity contribution in [2.75, 3.05) is 0 Å². The third-order valence-electron chi connectivity index (χ3n) is 2.23. The Balaban J connectivity index is 1.97. The molecule has 2 aromatic rings. The Morgan fingerprint density at radius 3 is 2.65 bits per heavy atom. The fourth-order valence-corrected chi connectivity index (χ4v) is 1.73. The maximum Gasteiger partial charge on any atom is 0.213 e. The fraction of sp³-hybridized carbons (Fsp3) is 0.154. The molecular formula is C13H11Cl2NO. The van der Waals surface area contributed by atoms with Gasteiger partial charge in [-0.25, -0.2) is 4.98 Å². The first-order valence-corrected chi connectivity index (χ1v) is 6.07. The van der Waals surface area contributed by atoms with E-state index in [1.807, 2.05) is 36.4 Å². The van der Waals surface area contributed by atoms with Crippen LogP contribution in [0.1, 0.15) is 11.1 Å². The van der Waals surface area contributed by atoms with E-state index >= 15 is 0 Å². The zero-order valence-electron chi connectivity index (χ0n) is 9.07. The van der Waals surface area contributed by atoms with Crippen LogP contribution in [0.2, 0.25) is 5.02 Å². The summed E-state index contributed by atoms with van der Waals surface area (Å²) in [5.41, 5.74) is 1.99. The van der Waals surface area contributed by atoms with Gasteiger partial charge in [-0.15, -0.1) is 11.6 Å². The van der Waals surface area contributed by atoms with Gasteiger partial charge < -0.3 is 4.74 Å². The lowest BCUT2D eigenvalue weighted by atomic mass is 10.2. The minimum Gasteiger partial charge on any atom is -0.473 e. The molecular weight excluding hydrogens is 257 g/mol. The summed E-state index contributed by atoms with van der Waals surface area (Å²) in [7, 11) is 0. The van der Waals surface area contributed by atoms with Gasteiger partial charge in [-0.1, -0.05) is 29.8 Å². The van der Waals surface area contributed by atoms with E-state index in [4.69, 9.17) is 27.9 Å². The van der Waals surface area contributed by atoms with Crippen molar-refractivity contribution >= 4 is 23.2 Å². The zero-order chi connectivity index (χ0) is 12.1. The first-order valence-electron chi connectivity index (χ1n) is 5.16. The largest absolute Gasteiger partial charge is 0.473 e. The second-order valence-corrected chi connectivity index (χ2v) is 4.26. The Labute approximate surface area is 110 Å². The van der Waals surface area contributed by atoms with Crippen LogP contribution in [0.4, 0.5) is 0 Å². The van der Waals surface area contributed by atoms with E-state index < -0.39 is 0 Å². The highest BCUT2D eigenvalue weighted by molar-refractivity contribution is 6.30. The number of nitrogens with zero attached hydrogens (tertiary/aromatic N) is 1. The van der Waals surface area contributed by atoms with Crippen LogP contribution in [-0.2, 0) is 12.5 Å². The molecule has 1 heterocycles. The molecule has 0 N–H and O–H groups in total. The zero-order valence-corrected chi connectivity index (χ0v) is 10.6. The van der Waals surface area contributed by atoms with Crippen molar-refractivity contribution in [3.05, 3.63) is 58.7 Å². The lowest BCUT2D eigenvalue weighted by molar-refractivity contribution is 0.294. The molecule has 0 aliphatic heterocycles. The molecule has 0 aliphatic carbocycles. The number of hydrogen-bond acceptors (Lipinski definition) is 2. The van der Waals surface area contributed by atoms with Gasteiger partial charge in [0.2, 0.25) is 5.88 Å². The van der Waals surface area contributed by atoms with Crippen LogP contribution in [0.3, 0.4) is 0 Å². The average Bonchev–Trinajstić information content (AvgIpc) is 2.37. The molecule has 0 amide bonds. The van der Waals surface area contributed by atoms with Crippen LogP contribution >= 0.6 is 23.2 Å². The summed E-state index contributed by atoms with van der Waals surface area (Å²) in [6.07, 6.45) is 1.71. The standard InChI is InChI=1S/C13H11Cl2NO/c14-7-11-4-5-13(16-8-11)17-9-10-2-1-3-12(15)6-10/h1-6,8H,7,9H2. The molecule has 0 unspecified atom stereocenters. The van der Waals surface area contributed by atoms with Crippen LogP contribution in [0.25, 0.3) is 0 Å². The number of hydrogen-bond donors (Lipinski definition) is 0. The van der Waals surface area contributed by atoms with E-state index in [1.54, 1.807) is 6.20 Å². The van der Waals surface area contributed by atoms with E-state index in [2.05, 4.69) is 4.98 Å². The van der Waals surface area contributed by atoms with Gasteiger partial charge in [-0.3, -0.25) is 0 Å². The van der Waals surface area contributed by atoms with E-state index in [9.17, 15) is 0 Å². The number of ether oxygens (including phenoxy) is 1. The molecule has 1 aromatic carbocycles. The summed E-state index contributed by atoms with van der Waals surface area (Å²) in [5.74, 6) is 1.04. The third-order valence-corrected chi connectivity index (χ3v) is 2.77. The maximum absolute atomic E-state index is 5.88. The lowest BCUT2D eigenvalue weighted by Gasteiger charge is -2.05. The summed E-state index contributed by atoms with van der Waals surface area (Å²) >= 11 is 11.6. The SMILES string of the molecule is ClCc1ccc(OCc2cccc(Cl)c2)nc1. The highest BCUT2D eigenvalue weighted by Gasteiger charge is 1.98. The number of alkyl halides is 1. The molecule has 0 atom stereocenters. The van der Waals surface area contributed by atoms with Crippen LogP contribution in [0.15, 0.2) is 42.6 Å². The molecule has 2 nitrogen and oxygen atoms in total. The molecule has 0 saturated carbocycles. The van der Waals surface area contributed by atoms with Crippen molar-refractivity contribution in [3.63, 3.8) is 0 Å². The van der Waals surface area contributed by atoms with Gasteiger partial charge in [0.25, 0.3) is 0 Å². The van der Waals surface area contributed by atoms with Crippen LogP contribution in [0, 0.1) is 0 Å². The Morgan fingerprint density at radius 1 is 1.12 bits per heavy atom. The van der Waals surface area contributed by atoms with Gasteiger partial charge in [-0.05, 0) is 23.3 Å². The number of rotatable bonds is 4. The molecule has 0 spiro atoms. The summed E-state index contributed by atoms with van der Waals surface area (Å²) in [6, 6.07) is 11.3. The van der Waals surface area contributed by atoms with Gasteiger partial charge in [0.1, 0.15) is 6.61 Å². The van der Waals surface area contributed by atoms with Gasteiger partial charge in [0.15, 0.2) is 0 Å². The second kappa shape index (κ2) is 5.89. The van der Waals surface area contributed by atoms with Crippen LogP contribution in [-0.4, -0.2) is 4.98 Å². The van der Waals surface area contributed by atoms with Crippen molar-refractivity contribution in [2.24, 2.45) is 0 Å². The van der Waals surface area contributed by atoms with Crippen molar-refractivity contribution in [1.82, 2.24) is 4.98 Å². The van der Waals surface area contributed by atoms with Gasteiger partial charge in [0.05, 0.1) is 0 Å². The smallest absolute Gasteiger partial charge is 0.213 e. The predicted molar refractivity (Wildman–Crippen MR) is 69.6 cm³/mol. The van der Waals surface area contributed by atoms with Crippen LogP contribution < -0.4 is 4.74 Å². The Kier molecular flexibility index (Phi) is 4.24. The fourth-order valence-electron chi connectivity index (χ4n) is 1.36. The highest BCUT2D eigenvalue weighted by atomic mass is 35.5. The van der Waals surface area contributed by atoms with E-state index in [0.29, 0.717) is 23.4 Å². The summed E-state index contributed by atoms with van der Waals surface area (Å²) in [6.45, 7) is 0.452. The second-order valence-electron chi connectivity index (χ2n) is 3.56. The van der Waals surface area contributed by atoms with Gasteiger partial charge >= 0.3 is 0 Å². The molecule has 1 aromatic heterocycles. The molecule has 2 rings (SSSR count). The predicted octanol–water partition coefficient (Wildman–Crippen LogP) is 4.05. The quantitative estimate of drug-likeness (QED) is 0.780. The third kappa shape index (κ3) is 3.62. The van der Waals surface area contributed by atoms with Crippen molar-refractivity contribution in [2.45, 2.75) is 12.5 Å². The van der Waals surface area contributed by atoms with Crippen molar-refractivity contribution in [3.8, 4) is 5.88 Å². The Hall–Kier alpha value is -1.25. The summed E-state index contributed by atoms with van der Waals surface area (Å²) in [5, 5.41) is 0.705. The summed E-state index contributed by atoms with van der Waals surface area (Å²) < 4.78 is 5.53. The topological polar surface area (TPSA) is 22.1 Å². The molecule has 0 saturated heterocycles. The number of benzene rings is 1. The minimum absolute atomic E-state index is 0.452. The lowest BCUT2D eigenvalue weighted by Crippen LogP contribution is -1.97. The monoisotopic (exact) mass is 267 g/mol. The molecule has 88 valence electrons. The van der Waals surface area contributed by atoms with E-state index in [-0.39, 0.29) is 0 Å². The molecule has 0 aliphatic rings. The van der Waals surface area contributed by atoms with Crippen molar-refractivity contribution in [1.29, 1.82) is 0 Å². The molecule has 4 heteroatoms. The number of aromatic nitrogens is 1. The first-order chi connectivity index (χ1) is 8.28. The van der Waals surface area contributed by atoms with Gasteiger partial charge in [-0.2, -0.15) is 0 Å². The Bertz CT molecular complexity index is 485. The highest BCUT2D eigenvalue weighted by Crippen LogP contribution is 2.14. The first kappa shape index (κ1) is 12.2. The minimum atomic E-state index is 0.452. The van der Waals surface area contributed by atoms with E-state index in [0.717, 1.165) is 11.1 Å². The Morgan fingerprint density at radius 2 is 2.00 bits per heavy atom. The summed E-state index contributed by atoms with van der Waals surface area (Å²) in [4.78, 5) is 4.15. The molecule has 0 fully saturated rings. The number of pyridine rings is 1. The number of halogens is 2. The molecule has 0 bridgehead atoms. The van der Waals surface area contributed by atoms with Crippen molar-refractivity contribution < 1.29 is 4.74 Å². The molecule has 0 radical (unpaired) electrons. The average molecular weight is 268 g/mol. The normalized spacial score (nSPS) is 10.2. The maximum atomic E-state index is 5.88. The van der Waals surface area contributed by atoms with Gasteiger partial charge in [0, 0.05) is 23.2 Å². The van der Waals surface area contributed by atoms with Crippen LogP contribution in [0.5, 0.6) is 5.88 Å². The van der Waals surface area contributed by atoms with E-state index in [1.165, 1.54) is 0 Å². The molecule has 17 heavy (non-hydrogen) atoms.